The number of nitrogens with one attached hydrogen (secondary N) is 1. The van der Waals surface area contributed by atoms with Crippen LogP contribution in [0.4, 0.5) is 26.1 Å². The lowest BCUT2D eigenvalue weighted by Gasteiger charge is -2.31. The molecule has 0 spiro atoms. The van der Waals surface area contributed by atoms with Crippen molar-refractivity contribution >= 4 is 28.3 Å². The standard InChI is InChI=1S/C26H34F2N8O2S/c1-19-16-21(30-25(29-19)35-12-8-26(27,28)9-13-35)22-18-36(33-31-22)23-7-6-20(32-39(38)15-14-37)17-24(23)34-10-4-2-3-5-11-34/h6-7,16-18,32,37H,2-5,8-15H2,1H3. The summed E-state index contributed by atoms with van der Waals surface area (Å²) in [6, 6.07) is 7.54. The SMILES string of the molecule is Cc1cc(-c2cn(-c3ccc(NS(=O)CCO)cc3N3CCCCCC3)nn2)nc(N2CCC(F)(F)CC2)n1. The topological polar surface area (TPSA) is 112 Å². The minimum Gasteiger partial charge on any atom is -0.395 e. The van der Waals surface area contributed by atoms with Crippen LogP contribution >= 0.6 is 0 Å². The fraction of sp³-hybridized carbons (Fsp3) is 0.538. The monoisotopic (exact) mass is 560 g/mol. The van der Waals surface area contributed by atoms with Gasteiger partial charge in [0.25, 0.3) is 5.92 Å². The number of aliphatic hydroxyl groups is 1. The van der Waals surface area contributed by atoms with Crippen LogP contribution in [-0.2, 0) is 11.0 Å². The van der Waals surface area contributed by atoms with Crippen molar-refractivity contribution in [3.63, 3.8) is 0 Å². The molecule has 10 nitrogen and oxygen atoms in total. The van der Waals surface area contributed by atoms with Crippen LogP contribution in [-0.4, -0.2) is 78.7 Å². The zero-order valence-corrected chi connectivity index (χ0v) is 22.8. The molecule has 2 aromatic heterocycles. The van der Waals surface area contributed by atoms with Crippen molar-refractivity contribution in [2.24, 2.45) is 0 Å². The highest BCUT2D eigenvalue weighted by atomic mass is 32.2. The van der Waals surface area contributed by atoms with Crippen LogP contribution in [0.1, 0.15) is 44.2 Å². The summed E-state index contributed by atoms with van der Waals surface area (Å²) in [5, 5.41) is 17.9. The zero-order valence-electron chi connectivity index (χ0n) is 22.0. The number of anilines is 3. The first kappa shape index (κ1) is 27.4. The third kappa shape index (κ3) is 6.70. The molecule has 39 heavy (non-hydrogen) atoms. The summed E-state index contributed by atoms with van der Waals surface area (Å²) in [4.78, 5) is 13.3. The summed E-state index contributed by atoms with van der Waals surface area (Å²) in [6.45, 7) is 3.90. The molecule has 0 aliphatic carbocycles. The highest BCUT2D eigenvalue weighted by Crippen LogP contribution is 2.32. The molecule has 3 aromatic rings. The van der Waals surface area contributed by atoms with Gasteiger partial charge in [-0.05, 0) is 44.0 Å². The maximum atomic E-state index is 13.7. The molecule has 5 rings (SSSR count). The molecule has 1 unspecified atom stereocenters. The Morgan fingerprint density at radius 1 is 0.974 bits per heavy atom. The number of aromatic nitrogens is 5. The van der Waals surface area contributed by atoms with E-state index in [1.807, 2.05) is 37.4 Å². The van der Waals surface area contributed by atoms with Gasteiger partial charge in [0.05, 0.1) is 35.6 Å². The fourth-order valence-corrected chi connectivity index (χ4v) is 5.63. The number of alkyl halides is 2. The average Bonchev–Trinajstić information content (AvgIpc) is 3.23. The Morgan fingerprint density at radius 3 is 2.44 bits per heavy atom. The molecule has 210 valence electrons. The lowest BCUT2D eigenvalue weighted by atomic mass is 10.1. The first-order chi connectivity index (χ1) is 18.8. The van der Waals surface area contributed by atoms with Crippen molar-refractivity contribution in [1.82, 2.24) is 25.0 Å². The maximum Gasteiger partial charge on any atom is 0.251 e. The predicted octanol–water partition coefficient (Wildman–Crippen LogP) is 3.72. The van der Waals surface area contributed by atoms with Crippen LogP contribution in [0.3, 0.4) is 0 Å². The van der Waals surface area contributed by atoms with Crippen LogP contribution in [0.5, 0.6) is 0 Å². The molecule has 13 heteroatoms. The lowest BCUT2D eigenvalue weighted by molar-refractivity contribution is -0.0222. The molecule has 4 heterocycles. The number of hydrogen-bond donors (Lipinski definition) is 2. The van der Waals surface area contributed by atoms with E-state index in [2.05, 4.69) is 29.9 Å². The second kappa shape index (κ2) is 11.9. The van der Waals surface area contributed by atoms with Gasteiger partial charge in [-0.2, -0.15) is 0 Å². The molecule has 2 aliphatic heterocycles. The van der Waals surface area contributed by atoms with Crippen molar-refractivity contribution in [3.8, 4) is 17.1 Å². The number of halogens is 2. The number of hydrogen-bond acceptors (Lipinski definition) is 8. The van der Waals surface area contributed by atoms with E-state index in [0.29, 0.717) is 23.0 Å². The number of aryl methyl sites for hydroxylation is 1. The Morgan fingerprint density at radius 2 is 1.72 bits per heavy atom. The van der Waals surface area contributed by atoms with Crippen molar-refractivity contribution in [3.05, 3.63) is 36.2 Å². The predicted molar refractivity (Wildman–Crippen MR) is 148 cm³/mol. The molecule has 0 amide bonds. The van der Waals surface area contributed by atoms with Crippen molar-refractivity contribution in [2.45, 2.75) is 51.4 Å². The van der Waals surface area contributed by atoms with E-state index in [4.69, 9.17) is 5.11 Å². The molecule has 0 bridgehead atoms. The van der Waals surface area contributed by atoms with E-state index in [-0.39, 0.29) is 38.3 Å². The molecule has 2 fully saturated rings. The lowest BCUT2D eigenvalue weighted by Crippen LogP contribution is -2.40. The van der Waals surface area contributed by atoms with Gasteiger partial charge in [-0.1, -0.05) is 18.1 Å². The minimum absolute atomic E-state index is 0.146. The van der Waals surface area contributed by atoms with Crippen molar-refractivity contribution < 1.29 is 18.1 Å². The van der Waals surface area contributed by atoms with E-state index in [1.54, 1.807) is 9.58 Å². The van der Waals surface area contributed by atoms with E-state index in [1.165, 1.54) is 12.8 Å². The van der Waals surface area contributed by atoms with Crippen molar-refractivity contribution in [1.29, 1.82) is 0 Å². The molecular formula is C26H34F2N8O2S. The van der Waals surface area contributed by atoms with Gasteiger partial charge in [-0.15, -0.1) is 5.10 Å². The van der Waals surface area contributed by atoms with Crippen LogP contribution in [0.15, 0.2) is 30.5 Å². The summed E-state index contributed by atoms with van der Waals surface area (Å²) in [6.07, 6.45) is 5.91. The molecular weight excluding hydrogens is 526 g/mol. The normalized spacial score (nSPS) is 18.6. The molecule has 2 aliphatic rings. The number of aliphatic hydroxyl groups excluding tert-OH is 1. The van der Waals surface area contributed by atoms with Gasteiger partial charge in [-0.25, -0.2) is 27.6 Å². The fourth-order valence-electron chi connectivity index (χ4n) is 4.97. The van der Waals surface area contributed by atoms with Gasteiger partial charge in [0, 0.05) is 50.4 Å². The highest BCUT2D eigenvalue weighted by molar-refractivity contribution is 7.86. The maximum absolute atomic E-state index is 13.7. The van der Waals surface area contributed by atoms with Gasteiger partial charge >= 0.3 is 0 Å². The summed E-state index contributed by atoms with van der Waals surface area (Å²) in [7, 11) is -1.38. The number of rotatable bonds is 8. The van der Waals surface area contributed by atoms with Gasteiger partial charge in [0.1, 0.15) is 16.7 Å². The van der Waals surface area contributed by atoms with Gasteiger partial charge in [0.15, 0.2) is 0 Å². The Kier molecular flexibility index (Phi) is 8.36. The zero-order chi connectivity index (χ0) is 27.4. The Labute approximate surface area is 229 Å². The molecule has 1 aromatic carbocycles. The summed E-state index contributed by atoms with van der Waals surface area (Å²) >= 11 is 0. The van der Waals surface area contributed by atoms with Crippen LogP contribution in [0.25, 0.3) is 17.1 Å². The summed E-state index contributed by atoms with van der Waals surface area (Å²) in [5.74, 6) is -2.07. The van der Waals surface area contributed by atoms with E-state index in [0.717, 1.165) is 43.0 Å². The van der Waals surface area contributed by atoms with Crippen molar-refractivity contribution in [2.75, 3.05) is 53.1 Å². The number of piperidine rings is 1. The first-order valence-corrected chi connectivity index (χ1v) is 14.7. The second-order valence-corrected chi connectivity index (χ2v) is 11.4. The molecule has 0 radical (unpaired) electrons. The van der Waals surface area contributed by atoms with E-state index in [9.17, 15) is 13.0 Å². The van der Waals surface area contributed by atoms with E-state index < -0.39 is 16.9 Å². The molecule has 0 saturated carbocycles. The Balaban J connectivity index is 1.45. The van der Waals surface area contributed by atoms with Gasteiger partial charge < -0.3 is 19.6 Å². The van der Waals surface area contributed by atoms with Crippen LogP contribution in [0, 0.1) is 6.92 Å². The largest absolute Gasteiger partial charge is 0.395 e. The number of nitrogens with zero attached hydrogens (tertiary/aromatic N) is 7. The second-order valence-electron chi connectivity index (χ2n) is 10.1. The highest BCUT2D eigenvalue weighted by Gasteiger charge is 2.35. The quantitative estimate of drug-likeness (QED) is 0.429. The minimum atomic E-state index is -2.64. The number of benzene rings is 1. The van der Waals surface area contributed by atoms with E-state index >= 15 is 0 Å². The third-order valence-corrected chi connectivity index (χ3v) is 8.07. The average molecular weight is 561 g/mol. The smallest absolute Gasteiger partial charge is 0.251 e. The van der Waals surface area contributed by atoms with Gasteiger partial charge in [-0.3, -0.25) is 0 Å². The van der Waals surface area contributed by atoms with Gasteiger partial charge in [0.2, 0.25) is 5.95 Å². The summed E-state index contributed by atoms with van der Waals surface area (Å²) < 4.78 is 44.2. The first-order valence-electron chi connectivity index (χ1n) is 13.4. The summed E-state index contributed by atoms with van der Waals surface area (Å²) in [5.41, 5.74) is 4.34. The third-order valence-electron chi connectivity index (χ3n) is 7.05. The van der Waals surface area contributed by atoms with Crippen LogP contribution in [0.2, 0.25) is 0 Å². The van der Waals surface area contributed by atoms with Crippen LogP contribution < -0.4 is 14.5 Å². The molecule has 2 saturated heterocycles. The molecule has 2 N–H and O–H groups in total. The Hall–Kier alpha value is -3.19. The Bertz CT molecular complexity index is 1300. The molecule has 1 atom stereocenters.